The van der Waals surface area contributed by atoms with E-state index in [9.17, 15) is 0 Å². The first-order valence-corrected chi connectivity index (χ1v) is 8.81. The summed E-state index contributed by atoms with van der Waals surface area (Å²) in [6.07, 6.45) is 3.63. The third kappa shape index (κ3) is 4.52. The third-order valence-electron chi connectivity index (χ3n) is 4.36. The van der Waals surface area contributed by atoms with Crippen LogP contribution in [0, 0.1) is 0 Å². The smallest absolute Gasteiger partial charge is 0.0599 e. The molecule has 2 rings (SSSR count). The van der Waals surface area contributed by atoms with Crippen LogP contribution in [0.5, 0.6) is 0 Å². The van der Waals surface area contributed by atoms with Gasteiger partial charge >= 0.3 is 0 Å². The van der Waals surface area contributed by atoms with Crippen molar-refractivity contribution in [1.29, 1.82) is 0 Å². The normalized spacial score (nSPS) is 20.4. The van der Waals surface area contributed by atoms with E-state index in [1.165, 1.54) is 5.56 Å². The van der Waals surface area contributed by atoms with E-state index in [1.54, 1.807) is 0 Å². The Kier molecular flexibility index (Phi) is 6.68. The molecule has 3 nitrogen and oxygen atoms in total. The number of rotatable bonds is 6. The number of benzene rings is 1. The molecule has 1 fully saturated rings. The van der Waals surface area contributed by atoms with Crippen molar-refractivity contribution in [3.05, 3.63) is 34.3 Å². The average molecular weight is 355 g/mol. The van der Waals surface area contributed by atoms with Crippen LogP contribution in [0.1, 0.15) is 44.7 Å². The van der Waals surface area contributed by atoms with Gasteiger partial charge in [-0.2, -0.15) is 0 Å². The molecule has 2 atom stereocenters. The zero-order valence-electron chi connectivity index (χ0n) is 13.1. The second kappa shape index (κ2) is 8.28. The van der Waals surface area contributed by atoms with Gasteiger partial charge in [0.25, 0.3) is 0 Å². The highest BCUT2D eigenvalue weighted by Gasteiger charge is 2.29. The lowest BCUT2D eigenvalue weighted by atomic mass is 9.94. The molecule has 0 saturated carbocycles. The fourth-order valence-electron chi connectivity index (χ4n) is 3.17. The Hall–Kier alpha value is -0.420. The molecular weight excluding hydrogens is 328 g/mol. The third-order valence-corrected chi connectivity index (χ3v) is 4.89. The summed E-state index contributed by atoms with van der Waals surface area (Å²) in [6.45, 7) is 7.20. The Morgan fingerprint density at radius 1 is 1.24 bits per heavy atom. The van der Waals surface area contributed by atoms with E-state index in [-0.39, 0.29) is 6.04 Å². The van der Waals surface area contributed by atoms with Gasteiger partial charge in [-0.25, -0.2) is 0 Å². The number of likely N-dealkylation sites (tertiary alicyclic amines) is 1. The largest absolute Gasteiger partial charge is 0.378 e. The molecule has 118 valence electrons. The fourth-order valence-corrected chi connectivity index (χ4v) is 3.43. The van der Waals surface area contributed by atoms with Gasteiger partial charge in [0.05, 0.1) is 6.10 Å². The van der Waals surface area contributed by atoms with Crippen LogP contribution in [-0.2, 0) is 4.74 Å². The van der Waals surface area contributed by atoms with E-state index in [0.29, 0.717) is 12.1 Å². The second-order valence-corrected chi connectivity index (χ2v) is 6.67. The zero-order chi connectivity index (χ0) is 15.2. The molecule has 0 bridgehead atoms. The molecule has 0 spiro atoms. The maximum absolute atomic E-state index is 6.43. The Morgan fingerprint density at radius 2 is 1.86 bits per heavy atom. The summed E-state index contributed by atoms with van der Waals surface area (Å²) < 4.78 is 6.87. The Labute approximate surface area is 137 Å². The number of nitrogens with two attached hydrogens (primary N) is 1. The predicted octanol–water partition coefficient (Wildman–Crippen LogP) is 3.73. The number of halogens is 1. The predicted molar refractivity (Wildman–Crippen MR) is 91.4 cm³/mol. The van der Waals surface area contributed by atoms with Crippen LogP contribution in [0.2, 0.25) is 0 Å². The minimum absolute atomic E-state index is 0.176. The summed E-state index contributed by atoms with van der Waals surface area (Å²) in [5.74, 6) is 0. The molecule has 0 amide bonds. The van der Waals surface area contributed by atoms with Crippen molar-refractivity contribution < 1.29 is 4.74 Å². The number of nitrogens with zero attached hydrogens (tertiary/aromatic N) is 1. The van der Waals surface area contributed by atoms with E-state index in [0.717, 1.165) is 43.4 Å². The van der Waals surface area contributed by atoms with Crippen LogP contribution < -0.4 is 5.73 Å². The molecule has 1 aromatic rings. The molecule has 2 N–H and O–H groups in total. The molecule has 1 heterocycles. The van der Waals surface area contributed by atoms with Crippen molar-refractivity contribution in [1.82, 2.24) is 4.90 Å². The van der Waals surface area contributed by atoms with Crippen molar-refractivity contribution in [3.63, 3.8) is 0 Å². The van der Waals surface area contributed by atoms with Crippen molar-refractivity contribution in [2.45, 2.75) is 51.3 Å². The van der Waals surface area contributed by atoms with Gasteiger partial charge in [-0.3, -0.25) is 4.90 Å². The SMILES string of the molecule is CCOC1CCN(C(c2ccc(Br)cc2)C(N)CC)CC1. The molecule has 0 radical (unpaired) electrons. The van der Waals surface area contributed by atoms with Crippen LogP contribution in [-0.4, -0.2) is 36.7 Å². The topological polar surface area (TPSA) is 38.5 Å². The van der Waals surface area contributed by atoms with Crippen molar-refractivity contribution >= 4 is 15.9 Å². The molecule has 1 aliphatic heterocycles. The highest BCUT2D eigenvalue weighted by molar-refractivity contribution is 9.10. The highest BCUT2D eigenvalue weighted by Crippen LogP contribution is 2.29. The van der Waals surface area contributed by atoms with Gasteiger partial charge in [0.15, 0.2) is 0 Å². The maximum atomic E-state index is 6.43. The molecule has 0 aliphatic carbocycles. The fraction of sp³-hybridized carbons (Fsp3) is 0.647. The summed E-state index contributed by atoms with van der Waals surface area (Å²) in [7, 11) is 0. The standard InChI is InChI=1S/C17H27BrN2O/c1-3-16(19)17(13-5-7-14(18)8-6-13)20-11-9-15(10-12-20)21-4-2/h5-8,15-17H,3-4,9-12,19H2,1-2H3. The van der Waals surface area contributed by atoms with Gasteiger partial charge in [-0.1, -0.05) is 35.0 Å². The van der Waals surface area contributed by atoms with Crippen molar-refractivity contribution in [2.24, 2.45) is 5.73 Å². The molecule has 1 aliphatic rings. The molecule has 4 heteroatoms. The lowest BCUT2D eigenvalue weighted by Gasteiger charge is -2.40. The van der Waals surface area contributed by atoms with Crippen LogP contribution >= 0.6 is 15.9 Å². The van der Waals surface area contributed by atoms with Crippen LogP contribution in [0.4, 0.5) is 0 Å². The Balaban J connectivity index is 2.09. The number of hydrogen-bond acceptors (Lipinski definition) is 3. The van der Waals surface area contributed by atoms with E-state index in [4.69, 9.17) is 10.5 Å². The zero-order valence-corrected chi connectivity index (χ0v) is 14.7. The lowest BCUT2D eigenvalue weighted by Crippen LogP contribution is -2.46. The molecule has 0 aromatic heterocycles. The van der Waals surface area contributed by atoms with Gasteiger partial charge in [0.1, 0.15) is 0 Å². The molecular formula is C17H27BrN2O. The van der Waals surface area contributed by atoms with Gasteiger partial charge < -0.3 is 10.5 Å². The Morgan fingerprint density at radius 3 is 2.38 bits per heavy atom. The van der Waals surface area contributed by atoms with E-state index in [2.05, 4.69) is 58.9 Å². The maximum Gasteiger partial charge on any atom is 0.0599 e. The summed E-state index contributed by atoms with van der Waals surface area (Å²) in [6, 6.07) is 9.09. The Bertz CT molecular complexity index is 415. The molecule has 1 saturated heterocycles. The van der Waals surface area contributed by atoms with Crippen molar-refractivity contribution in [3.8, 4) is 0 Å². The minimum atomic E-state index is 0.176. The van der Waals surface area contributed by atoms with Crippen LogP contribution in [0.15, 0.2) is 28.7 Å². The first kappa shape index (κ1) is 16.9. The molecule has 21 heavy (non-hydrogen) atoms. The first-order valence-electron chi connectivity index (χ1n) is 8.02. The van der Waals surface area contributed by atoms with Crippen LogP contribution in [0.3, 0.4) is 0 Å². The highest BCUT2D eigenvalue weighted by atomic mass is 79.9. The summed E-state index contributed by atoms with van der Waals surface area (Å²) in [4.78, 5) is 2.53. The van der Waals surface area contributed by atoms with Gasteiger partial charge in [0, 0.05) is 36.3 Å². The van der Waals surface area contributed by atoms with E-state index >= 15 is 0 Å². The van der Waals surface area contributed by atoms with Gasteiger partial charge in [-0.15, -0.1) is 0 Å². The quantitative estimate of drug-likeness (QED) is 0.845. The van der Waals surface area contributed by atoms with E-state index < -0.39 is 0 Å². The number of hydrogen-bond donors (Lipinski definition) is 1. The first-order chi connectivity index (χ1) is 10.2. The summed E-state index contributed by atoms with van der Waals surface area (Å²) in [5, 5.41) is 0. The van der Waals surface area contributed by atoms with Gasteiger partial charge in [-0.05, 0) is 43.9 Å². The average Bonchev–Trinajstić information content (AvgIpc) is 2.51. The van der Waals surface area contributed by atoms with Gasteiger partial charge in [0.2, 0.25) is 0 Å². The second-order valence-electron chi connectivity index (χ2n) is 5.76. The van der Waals surface area contributed by atoms with E-state index in [1.807, 2.05) is 0 Å². The molecule has 2 unspecified atom stereocenters. The lowest BCUT2D eigenvalue weighted by molar-refractivity contribution is 0.000346. The monoisotopic (exact) mass is 354 g/mol. The summed E-state index contributed by atoms with van der Waals surface area (Å²) >= 11 is 3.51. The molecule has 1 aromatic carbocycles. The van der Waals surface area contributed by atoms with Crippen LogP contribution in [0.25, 0.3) is 0 Å². The number of piperidine rings is 1. The summed E-state index contributed by atoms with van der Waals surface area (Å²) in [5.41, 5.74) is 7.75. The minimum Gasteiger partial charge on any atom is -0.378 e. The number of ether oxygens (including phenoxy) is 1. The van der Waals surface area contributed by atoms with Crippen molar-refractivity contribution in [2.75, 3.05) is 19.7 Å².